The molecule has 2 aromatic carbocycles. The van der Waals surface area contributed by atoms with Gasteiger partial charge < -0.3 is 5.32 Å². The summed E-state index contributed by atoms with van der Waals surface area (Å²) in [7, 11) is 0. The van der Waals surface area contributed by atoms with E-state index in [4.69, 9.17) is 0 Å². The summed E-state index contributed by atoms with van der Waals surface area (Å²) in [6, 6.07) is 13.1. The smallest absolute Gasteiger partial charge is 0.272 e. The first kappa shape index (κ1) is 15.1. The number of para-hydroxylation sites is 1. The molecule has 0 radical (unpaired) electrons. The lowest BCUT2D eigenvalue weighted by Crippen LogP contribution is -2.22. The van der Waals surface area contributed by atoms with Crippen molar-refractivity contribution < 1.29 is 9.31 Å². The summed E-state index contributed by atoms with van der Waals surface area (Å²) in [5.41, 5.74) is 1.40. The van der Waals surface area contributed by atoms with Crippen LogP contribution in [0.1, 0.15) is 24.1 Å². The molecular formula is C16H17FN2O2. The molecule has 0 unspecified atom stereocenters. The number of nitro benzene ring substituents is 1. The lowest BCUT2D eigenvalue weighted by atomic mass is 10.1. The van der Waals surface area contributed by atoms with Gasteiger partial charge in [0.2, 0.25) is 0 Å². The Hall–Kier alpha value is -2.27. The molecule has 5 heteroatoms. The number of benzene rings is 2. The minimum atomic E-state index is -0.379. The third-order valence-corrected chi connectivity index (χ3v) is 3.40. The largest absolute Gasteiger partial charge is 0.310 e. The van der Waals surface area contributed by atoms with Gasteiger partial charge >= 0.3 is 0 Å². The SMILES string of the molecule is C[C@@H](NCCc1ccccc1[N+](=O)[O-])c1ccccc1F. The Balaban J connectivity index is 1.96. The van der Waals surface area contributed by atoms with Crippen LogP contribution in [-0.4, -0.2) is 11.5 Å². The number of nitrogens with one attached hydrogen (secondary N) is 1. The van der Waals surface area contributed by atoms with E-state index in [1.165, 1.54) is 12.1 Å². The predicted octanol–water partition coefficient (Wildman–Crippen LogP) is 3.63. The third-order valence-electron chi connectivity index (χ3n) is 3.40. The van der Waals surface area contributed by atoms with Gasteiger partial charge in [-0.1, -0.05) is 36.4 Å². The molecule has 0 bridgehead atoms. The summed E-state index contributed by atoms with van der Waals surface area (Å²) in [4.78, 5) is 10.5. The van der Waals surface area contributed by atoms with Gasteiger partial charge in [-0.15, -0.1) is 0 Å². The van der Waals surface area contributed by atoms with Crippen molar-refractivity contribution in [3.05, 3.63) is 75.6 Å². The third kappa shape index (κ3) is 3.86. The average molecular weight is 288 g/mol. The van der Waals surface area contributed by atoms with Crippen LogP contribution in [0.3, 0.4) is 0 Å². The van der Waals surface area contributed by atoms with Gasteiger partial charge in [0.15, 0.2) is 0 Å². The van der Waals surface area contributed by atoms with Gasteiger partial charge in [-0.05, 0) is 26.0 Å². The van der Waals surface area contributed by atoms with Gasteiger partial charge in [-0.2, -0.15) is 0 Å². The highest BCUT2D eigenvalue weighted by atomic mass is 19.1. The zero-order chi connectivity index (χ0) is 15.2. The Bertz CT molecular complexity index is 631. The lowest BCUT2D eigenvalue weighted by Gasteiger charge is -2.15. The molecule has 0 heterocycles. The molecule has 110 valence electrons. The van der Waals surface area contributed by atoms with E-state index in [0.29, 0.717) is 24.1 Å². The quantitative estimate of drug-likeness (QED) is 0.652. The highest BCUT2D eigenvalue weighted by Crippen LogP contribution is 2.19. The van der Waals surface area contributed by atoms with Crippen molar-refractivity contribution in [3.8, 4) is 0 Å². The van der Waals surface area contributed by atoms with Crippen LogP contribution in [0.25, 0.3) is 0 Å². The first-order valence-electron chi connectivity index (χ1n) is 6.79. The van der Waals surface area contributed by atoms with Crippen molar-refractivity contribution in [2.45, 2.75) is 19.4 Å². The fraction of sp³-hybridized carbons (Fsp3) is 0.250. The second-order valence-electron chi connectivity index (χ2n) is 4.83. The van der Waals surface area contributed by atoms with Gasteiger partial charge in [0.25, 0.3) is 5.69 Å². The van der Waals surface area contributed by atoms with Crippen LogP contribution < -0.4 is 5.32 Å². The topological polar surface area (TPSA) is 55.2 Å². The molecule has 4 nitrogen and oxygen atoms in total. The molecule has 21 heavy (non-hydrogen) atoms. The Labute approximate surface area is 122 Å². The van der Waals surface area contributed by atoms with Gasteiger partial charge in [0.05, 0.1) is 4.92 Å². The van der Waals surface area contributed by atoms with Crippen molar-refractivity contribution in [3.63, 3.8) is 0 Å². The van der Waals surface area contributed by atoms with Crippen LogP contribution in [0.2, 0.25) is 0 Å². The molecule has 0 saturated heterocycles. The number of hydrogen-bond donors (Lipinski definition) is 1. The van der Waals surface area contributed by atoms with Crippen LogP contribution >= 0.6 is 0 Å². The molecule has 0 aliphatic carbocycles. The van der Waals surface area contributed by atoms with E-state index in [-0.39, 0.29) is 22.5 Å². The molecule has 0 amide bonds. The van der Waals surface area contributed by atoms with Crippen LogP contribution in [0.5, 0.6) is 0 Å². The standard InChI is InChI=1S/C16H17FN2O2/c1-12(14-7-3-4-8-15(14)17)18-11-10-13-6-2-5-9-16(13)19(20)21/h2-9,12,18H,10-11H2,1H3/t12-/m1/s1. The van der Waals surface area contributed by atoms with E-state index >= 15 is 0 Å². The van der Waals surface area contributed by atoms with Crippen molar-refractivity contribution in [2.24, 2.45) is 0 Å². The van der Waals surface area contributed by atoms with Crippen LogP contribution in [0.15, 0.2) is 48.5 Å². The van der Waals surface area contributed by atoms with Crippen LogP contribution in [0, 0.1) is 15.9 Å². The molecule has 0 saturated carbocycles. The predicted molar refractivity (Wildman–Crippen MR) is 79.6 cm³/mol. The summed E-state index contributed by atoms with van der Waals surface area (Å²) in [5.74, 6) is -0.247. The molecule has 0 spiro atoms. The van der Waals surface area contributed by atoms with E-state index in [9.17, 15) is 14.5 Å². The second-order valence-corrected chi connectivity index (χ2v) is 4.83. The van der Waals surface area contributed by atoms with Gasteiger partial charge in [-0.3, -0.25) is 10.1 Å². The lowest BCUT2D eigenvalue weighted by molar-refractivity contribution is -0.385. The van der Waals surface area contributed by atoms with Crippen molar-refractivity contribution in [1.82, 2.24) is 5.32 Å². The average Bonchev–Trinajstić information content (AvgIpc) is 2.48. The highest BCUT2D eigenvalue weighted by Gasteiger charge is 2.13. The molecule has 0 aromatic heterocycles. The molecule has 0 aliphatic heterocycles. The number of rotatable bonds is 6. The van der Waals surface area contributed by atoms with E-state index in [1.54, 1.807) is 36.4 Å². The van der Waals surface area contributed by atoms with E-state index < -0.39 is 0 Å². The number of halogens is 1. The maximum absolute atomic E-state index is 13.6. The first-order chi connectivity index (χ1) is 10.1. The monoisotopic (exact) mass is 288 g/mol. The van der Waals surface area contributed by atoms with Crippen LogP contribution in [-0.2, 0) is 6.42 Å². The summed E-state index contributed by atoms with van der Waals surface area (Å²) in [6.07, 6.45) is 0.524. The normalized spacial score (nSPS) is 12.1. The fourth-order valence-corrected chi connectivity index (χ4v) is 2.26. The van der Waals surface area contributed by atoms with E-state index in [2.05, 4.69) is 5.32 Å². The maximum Gasteiger partial charge on any atom is 0.272 e. The van der Waals surface area contributed by atoms with E-state index in [1.807, 2.05) is 6.92 Å². The van der Waals surface area contributed by atoms with Gasteiger partial charge in [0.1, 0.15) is 5.82 Å². The Morgan fingerprint density at radius 2 is 1.86 bits per heavy atom. The summed E-state index contributed by atoms with van der Waals surface area (Å²) in [5, 5.41) is 14.1. The molecule has 2 rings (SSSR count). The van der Waals surface area contributed by atoms with E-state index in [0.717, 1.165) is 0 Å². The van der Waals surface area contributed by atoms with Crippen LogP contribution in [0.4, 0.5) is 10.1 Å². The Morgan fingerprint density at radius 1 is 1.19 bits per heavy atom. The molecular weight excluding hydrogens is 271 g/mol. The molecule has 2 aromatic rings. The van der Waals surface area contributed by atoms with Crippen molar-refractivity contribution in [2.75, 3.05) is 6.54 Å². The second kappa shape index (κ2) is 6.95. The number of hydrogen-bond acceptors (Lipinski definition) is 3. The fourth-order valence-electron chi connectivity index (χ4n) is 2.26. The minimum Gasteiger partial charge on any atom is -0.310 e. The summed E-state index contributed by atoms with van der Waals surface area (Å²) in [6.45, 7) is 2.41. The molecule has 0 aliphatic rings. The maximum atomic E-state index is 13.6. The zero-order valence-corrected chi connectivity index (χ0v) is 11.8. The first-order valence-corrected chi connectivity index (χ1v) is 6.79. The Morgan fingerprint density at radius 3 is 2.57 bits per heavy atom. The molecule has 1 atom stereocenters. The minimum absolute atomic E-state index is 0.123. The van der Waals surface area contributed by atoms with Gasteiger partial charge in [-0.25, -0.2) is 4.39 Å². The van der Waals surface area contributed by atoms with Crippen molar-refractivity contribution in [1.29, 1.82) is 0 Å². The summed E-state index contributed by atoms with van der Waals surface area (Å²) < 4.78 is 13.6. The Kier molecular flexibility index (Phi) is 5.00. The number of nitrogens with zero attached hydrogens (tertiary/aromatic N) is 1. The van der Waals surface area contributed by atoms with Crippen molar-refractivity contribution >= 4 is 5.69 Å². The summed E-state index contributed by atoms with van der Waals surface area (Å²) >= 11 is 0. The molecule has 0 fully saturated rings. The highest BCUT2D eigenvalue weighted by molar-refractivity contribution is 5.39. The van der Waals surface area contributed by atoms with Gasteiger partial charge in [0, 0.05) is 23.2 Å². The molecule has 1 N–H and O–H groups in total. The zero-order valence-electron chi connectivity index (χ0n) is 11.8. The number of nitro groups is 1.